The summed E-state index contributed by atoms with van der Waals surface area (Å²) in [5, 5.41) is 3.19. The lowest BCUT2D eigenvalue weighted by atomic mass is 9.88. The number of ether oxygens (including phenoxy) is 1. The molecule has 26 heavy (non-hydrogen) atoms. The molecule has 1 aromatic rings. The summed E-state index contributed by atoms with van der Waals surface area (Å²) in [6.07, 6.45) is 3.05. The number of sulfonamides is 1. The van der Waals surface area contributed by atoms with Gasteiger partial charge in [0.25, 0.3) is 0 Å². The molecule has 1 fully saturated rings. The Morgan fingerprint density at radius 3 is 2.54 bits per heavy atom. The predicted molar refractivity (Wildman–Crippen MR) is 101 cm³/mol. The smallest absolute Gasteiger partial charge is 0.223 e. The molecular formula is C19H28N2O4S. The molecular weight excluding hydrogens is 352 g/mol. The van der Waals surface area contributed by atoms with Gasteiger partial charge in [-0.05, 0) is 39.7 Å². The first-order valence-corrected chi connectivity index (χ1v) is 10.9. The van der Waals surface area contributed by atoms with E-state index in [1.165, 1.54) is 10.6 Å². The predicted octanol–water partition coefficient (Wildman–Crippen LogP) is 2.39. The second-order valence-electron chi connectivity index (χ2n) is 8.10. The van der Waals surface area contributed by atoms with Gasteiger partial charge >= 0.3 is 0 Å². The Labute approximate surface area is 156 Å². The summed E-state index contributed by atoms with van der Waals surface area (Å²) in [4.78, 5) is 12.8. The van der Waals surface area contributed by atoms with E-state index in [2.05, 4.69) is 11.4 Å². The number of nitrogens with zero attached hydrogens (tertiary/aromatic N) is 1. The van der Waals surface area contributed by atoms with Crippen LogP contribution in [0.15, 0.2) is 18.2 Å². The molecule has 2 aliphatic heterocycles. The molecule has 2 heterocycles. The molecule has 2 aliphatic rings. The lowest BCUT2D eigenvalue weighted by Crippen LogP contribution is -2.46. The van der Waals surface area contributed by atoms with Crippen LogP contribution in [-0.4, -0.2) is 43.6 Å². The fraction of sp³-hybridized carbons (Fsp3) is 0.632. The van der Waals surface area contributed by atoms with Crippen LogP contribution in [0.3, 0.4) is 0 Å². The number of nitrogens with one attached hydrogen (secondary N) is 1. The van der Waals surface area contributed by atoms with E-state index in [1.54, 1.807) is 0 Å². The summed E-state index contributed by atoms with van der Waals surface area (Å²) >= 11 is 0. The molecule has 1 atom stereocenters. The fourth-order valence-electron chi connectivity index (χ4n) is 3.84. The third-order valence-corrected chi connectivity index (χ3v) is 6.54. The van der Waals surface area contributed by atoms with Crippen molar-refractivity contribution in [3.8, 4) is 5.75 Å². The van der Waals surface area contributed by atoms with E-state index in [4.69, 9.17) is 4.74 Å². The molecule has 1 N–H and O–H groups in total. The van der Waals surface area contributed by atoms with Crippen molar-refractivity contribution in [2.24, 2.45) is 5.92 Å². The first kappa shape index (κ1) is 19.2. The maximum Gasteiger partial charge on any atom is 0.223 e. The number of aryl methyl sites for hydroxylation is 1. The van der Waals surface area contributed by atoms with Gasteiger partial charge < -0.3 is 10.1 Å². The van der Waals surface area contributed by atoms with Crippen LogP contribution >= 0.6 is 0 Å². The Morgan fingerprint density at radius 1 is 1.27 bits per heavy atom. The standard InChI is InChI=1S/C19H28N2O4S/c1-13-5-6-17-15(11-13)16(12-19(2,3)25-17)20-18(22)14-7-9-21(10-8-14)26(4,23)24/h5-6,11,14,16H,7-10,12H2,1-4H3,(H,20,22). The number of rotatable bonds is 3. The van der Waals surface area contributed by atoms with Gasteiger partial charge in [-0.25, -0.2) is 12.7 Å². The highest BCUT2D eigenvalue weighted by Crippen LogP contribution is 2.40. The monoisotopic (exact) mass is 380 g/mol. The van der Waals surface area contributed by atoms with Crippen LogP contribution in [0.25, 0.3) is 0 Å². The second-order valence-corrected chi connectivity index (χ2v) is 10.1. The molecule has 0 saturated carbocycles. The van der Waals surface area contributed by atoms with Crippen molar-refractivity contribution in [1.82, 2.24) is 9.62 Å². The van der Waals surface area contributed by atoms with Gasteiger partial charge in [-0.1, -0.05) is 17.7 Å². The van der Waals surface area contributed by atoms with Crippen molar-refractivity contribution in [1.29, 1.82) is 0 Å². The third kappa shape index (κ3) is 4.20. The van der Waals surface area contributed by atoms with Crippen LogP contribution in [0, 0.1) is 12.8 Å². The van der Waals surface area contributed by atoms with Crippen LogP contribution < -0.4 is 10.1 Å². The molecule has 0 radical (unpaired) electrons. The van der Waals surface area contributed by atoms with Gasteiger partial charge in [0.2, 0.25) is 15.9 Å². The average Bonchev–Trinajstić information content (AvgIpc) is 2.54. The number of hydrogen-bond acceptors (Lipinski definition) is 4. The van der Waals surface area contributed by atoms with Crippen molar-refractivity contribution in [2.75, 3.05) is 19.3 Å². The zero-order valence-corrected chi connectivity index (χ0v) is 16.7. The van der Waals surface area contributed by atoms with E-state index in [-0.39, 0.29) is 23.5 Å². The summed E-state index contributed by atoms with van der Waals surface area (Å²) < 4.78 is 30.8. The normalized spacial score (nSPS) is 23.8. The van der Waals surface area contributed by atoms with Gasteiger partial charge in [-0.3, -0.25) is 4.79 Å². The molecule has 1 amide bonds. The van der Waals surface area contributed by atoms with Crippen molar-refractivity contribution in [3.63, 3.8) is 0 Å². The Hall–Kier alpha value is -1.60. The molecule has 3 rings (SSSR count). The number of carbonyl (C=O) groups is 1. The SMILES string of the molecule is Cc1ccc2c(c1)C(NC(=O)C1CCN(S(C)(=O)=O)CC1)CC(C)(C)O2. The molecule has 1 unspecified atom stereocenters. The summed E-state index contributed by atoms with van der Waals surface area (Å²) in [7, 11) is -3.18. The van der Waals surface area contributed by atoms with Crippen molar-refractivity contribution in [3.05, 3.63) is 29.3 Å². The van der Waals surface area contributed by atoms with Crippen molar-refractivity contribution in [2.45, 2.75) is 51.7 Å². The van der Waals surface area contributed by atoms with Gasteiger partial charge in [0.15, 0.2) is 0 Å². The molecule has 0 aromatic heterocycles. The van der Waals surface area contributed by atoms with Gasteiger partial charge in [0, 0.05) is 31.0 Å². The van der Waals surface area contributed by atoms with Crippen LogP contribution in [0.5, 0.6) is 5.75 Å². The zero-order valence-electron chi connectivity index (χ0n) is 15.9. The molecule has 0 bridgehead atoms. The number of carbonyl (C=O) groups excluding carboxylic acids is 1. The highest BCUT2D eigenvalue weighted by Gasteiger charge is 2.36. The van der Waals surface area contributed by atoms with E-state index >= 15 is 0 Å². The van der Waals surface area contributed by atoms with Crippen LogP contribution in [0.1, 0.15) is 50.3 Å². The summed E-state index contributed by atoms with van der Waals surface area (Å²) in [6.45, 7) is 6.90. The van der Waals surface area contributed by atoms with E-state index in [0.29, 0.717) is 32.4 Å². The van der Waals surface area contributed by atoms with Crippen molar-refractivity contribution < 1.29 is 17.9 Å². The summed E-state index contributed by atoms with van der Waals surface area (Å²) in [5.74, 6) is 0.685. The number of hydrogen-bond donors (Lipinski definition) is 1. The largest absolute Gasteiger partial charge is 0.487 e. The lowest BCUT2D eigenvalue weighted by Gasteiger charge is -2.39. The first-order chi connectivity index (χ1) is 12.0. The van der Waals surface area contributed by atoms with E-state index < -0.39 is 10.0 Å². The highest BCUT2D eigenvalue weighted by molar-refractivity contribution is 7.88. The summed E-state index contributed by atoms with van der Waals surface area (Å²) in [6, 6.07) is 5.96. The van der Waals surface area contributed by atoms with Gasteiger partial charge in [0.05, 0.1) is 12.3 Å². The maximum atomic E-state index is 12.8. The van der Waals surface area contributed by atoms with E-state index in [0.717, 1.165) is 16.9 Å². The van der Waals surface area contributed by atoms with Gasteiger partial charge in [0.1, 0.15) is 11.4 Å². The first-order valence-electron chi connectivity index (χ1n) is 9.10. The number of amides is 1. The Morgan fingerprint density at radius 2 is 1.92 bits per heavy atom. The van der Waals surface area contributed by atoms with Gasteiger partial charge in [-0.15, -0.1) is 0 Å². The molecule has 144 valence electrons. The van der Waals surface area contributed by atoms with Crippen LogP contribution in [0.4, 0.5) is 0 Å². The Kier molecular flexibility index (Phi) is 5.05. The highest BCUT2D eigenvalue weighted by atomic mass is 32.2. The minimum Gasteiger partial charge on any atom is -0.487 e. The third-order valence-electron chi connectivity index (χ3n) is 5.23. The van der Waals surface area contributed by atoms with E-state index in [9.17, 15) is 13.2 Å². The van der Waals surface area contributed by atoms with Crippen LogP contribution in [-0.2, 0) is 14.8 Å². The Balaban J connectivity index is 1.71. The van der Waals surface area contributed by atoms with Crippen molar-refractivity contribution >= 4 is 15.9 Å². The fourth-order valence-corrected chi connectivity index (χ4v) is 4.72. The molecule has 7 heteroatoms. The number of fused-ring (bicyclic) bond motifs is 1. The molecule has 1 saturated heterocycles. The average molecular weight is 381 g/mol. The molecule has 6 nitrogen and oxygen atoms in total. The topological polar surface area (TPSA) is 75.7 Å². The van der Waals surface area contributed by atoms with Gasteiger partial charge in [-0.2, -0.15) is 0 Å². The minimum absolute atomic E-state index is 0.00769. The lowest BCUT2D eigenvalue weighted by molar-refractivity contribution is -0.127. The second kappa shape index (κ2) is 6.85. The quantitative estimate of drug-likeness (QED) is 0.874. The summed E-state index contributed by atoms with van der Waals surface area (Å²) in [5.41, 5.74) is 1.80. The number of piperidine rings is 1. The Bertz CT molecular complexity index is 796. The zero-order chi connectivity index (χ0) is 19.1. The van der Waals surface area contributed by atoms with E-state index in [1.807, 2.05) is 32.9 Å². The molecule has 1 aromatic carbocycles. The minimum atomic E-state index is -3.18. The molecule has 0 spiro atoms. The molecule has 0 aliphatic carbocycles. The van der Waals surface area contributed by atoms with Crippen LogP contribution in [0.2, 0.25) is 0 Å². The maximum absolute atomic E-state index is 12.8. The number of benzene rings is 1.